The van der Waals surface area contributed by atoms with Gasteiger partial charge in [0.25, 0.3) is 0 Å². The topological polar surface area (TPSA) is 70.5 Å². The lowest BCUT2D eigenvalue weighted by Gasteiger charge is -2.20. The molecule has 0 aliphatic rings. The largest absolute Gasteiger partial charge is 0.455 e. The zero-order chi connectivity index (χ0) is 14.4. The fourth-order valence-electron chi connectivity index (χ4n) is 1.77. The van der Waals surface area contributed by atoms with Gasteiger partial charge in [0.1, 0.15) is 11.5 Å². The number of rotatable bonds is 6. The molecule has 4 nitrogen and oxygen atoms in total. The number of nitrogen functional groups attached to an aromatic ring is 2. The Kier molecular flexibility index (Phi) is 4.71. The Morgan fingerprint density at radius 3 is 1.55 bits per heavy atom. The third kappa shape index (κ3) is 4.09. The molecule has 2 rings (SSSR count). The Bertz CT molecular complexity index is 476. The molecule has 0 bridgehead atoms. The Labute approximate surface area is 119 Å². The van der Waals surface area contributed by atoms with Crippen molar-refractivity contribution in [2.24, 2.45) is 0 Å². The van der Waals surface area contributed by atoms with Gasteiger partial charge in [0.2, 0.25) is 6.29 Å². The molecule has 0 radical (unpaired) electrons. The van der Waals surface area contributed by atoms with Gasteiger partial charge in [-0.2, -0.15) is 0 Å². The summed E-state index contributed by atoms with van der Waals surface area (Å²) in [5.74, 6) is 1.49. The van der Waals surface area contributed by atoms with E-state index in [-0.39, 0.29) is 6.29 Å². The molecule has 0 spiro atoms. The van der Waals surface area contributed by atoms with Crippen LogP contribution in [0.5, 0.6) is 11.5 Å². The molecular weight excluding hydrogens is 252 g/mol. The average molecular weight is 272 g/mol. The Balaban J connectivity index is 2.02. The predicted octanol–water partition coefficient (Wildman–Crippen LogP) is 3.44. The van der Waals surface area contributed by atoms with E-state index < -0.39 is 0 Å². The molecule has 4 N–H and O–H groups in total. The molecule has 0 heterocycles. The highest BCUT2D eigenvalue weighted by Crippen LogP contribution is 2.20. The van der Waals surface area contributed by atoms with Crippen molar-refractivity contribution in [1.29, 1.82) is 0 Å². The fourth-order valence-corrected chi connectivity index (χ4v) is 1.77. The summed E-state index contributed by atoms with van der Waals surface area (Å²) in [6.07, 6.45) is 1.44. The van der Waals surface area contributed by atoms with Crippen LogP contribution in [0.1, 0.15) is 19.8 Å². The second-order valence-electron chi connectivity index (χ2n) is 4.59. The number of benzene rings is 2. The van der Waals surface area contributed by atoms with Gasteiger partial charge < -0.3 is 20.9 Å². The number of nitrogens with two attached hydrogens (primary N) is 2. The summed E-state index contributed by atoms with van der Waals surface area (Å²) in [4.78, 5) is 0. The van der Waals surface area contributed by atoms with E-state index in [0.29, 0.717) is 11.4 Å². The van der Waals surface area contributed by atoms with Crippen LogP contribution in [0.25, 0.3) is 0 Å². The maximum absolute atomic E-state index is 5.84. The average Bonchev–Trinajstić information content (AvgIpc) is 2.44. The van der Waals surface area contributed by atoms with Crippen LogP contribution in [-0.4, -0.2) is 6.29 Å². The Morgan fingerprint density at radius 1 is 0.800 bits per heavy atom. The molecular formula is C16H20N2O2. The van der Waals surface area contributed by atoms with Crippen LogP contribution in [0, 0.1) is 0 Å². The standard InChI is InChI=1S/C16H20N2O2/c1-2-3-16(19-14-8-4-12(17)5-9-14)20-15-10-6-13(18)7-11-15/h4-11,16H,2-3,17-18H2,1H3. The molecule has 0 aliphatic heterocycles. The minimum Gasteiger partial charge on any atom is -0.455 e. The smallest absolute Gasteiger partial charge is 0.241 e. The number of hydrogen-bond donors (Lipinski definition) is 2. The number of hydrogen-bond acceptors (Lipinski definition) is 4. The normalized spacial score (nSPS) is 10.5. The molecule has 106 valence electrons. The fraction of sp³-hybridized carbons (Fsp3) is 0.250. The zero-order valence-electron chi connectivity index (χ0n) is 11.6. The van der Waals surface area contributed by atoms with E-state index in [4.69, 9.17) is 20.9 Å². The highest BCUT2D eigenvalue weighted by molar-refractivity contribution is 5.42. The molecule has 0 atom stereocenters. The number of ether oxygens (including phenoxy) is 2. The Morgan fingerprint density at radius 2 is 1.20 bits per heavy atom. The molecule has 0 fully saturated rings. The van der Waals surface area contributed by atoms with Crippen LogP contribution in [-0.2, 0) is 0 Å². The van der Waals surface area contributed by atoms with Gasteiger partial charge in [0.15, 0.2) is 0 Å². The van der Waals surface area contributed by atoms with E-state index in [0.717, 1.165) is 24.3 Å². The summed E-state index contributed by atoms with van der Waals surface area (Å²) in [7, 11) is 0. The van der Waals surface area contributed by atoms with Crippen LogP contribution in [0.3, 0.4) is 0 Å². The first kappa shape index (κ1) is 14.1. The zero-order valence-corrected chi connectivity index (χ0v) is 11.6. The maximum atomic E-state index is 5.84. The first-order valence-corrected chi connectivity index (χ1v) is 6.72. The summed E-state index contributed by atoms with van der Waals surface area (Å²) in [5.41, 5.74) is 12.7. The lowest BCUT2D eigenvalue weighted by molar-refractivity contribution is -0.00102. The van der Waals surface area contributed by atoms with Crippen molar-refractivity contribution in [2.75, 3.05) is 11.5 Å². The highest BCUT2D eigenvalue weighted by Gasteiger charge is 2.11. The van der Waals surface area contributed by atoms with E-state index in [2.05, 4.69) is 6.92 Å². The lowest BCUT2D eigenvalue weighted by Crippen LogP contribution is -2.23. The molecule has 0 saturated carbocycles. The summed E-state index contributed by atoms with van der Waals surface area (Å²) in [6, 6.07) is 14.6. The van der Waals surface area contributed by atoms with E-state index in [1.54, 1.807) is 0 Å². The third-order valence-electron chi connectivity index (χ3n) is 2.82. The van der Waals surface area contributed by atoms with Crippen LogP contribution < -0.4 is 20.9 Å². The molecule has 0 saturated heterocycles. The van der Waals surface area contributed by atoms with Crippen molar-refractivity contribution in [2.45, 2.75) is 26.1 Å². The van der Waals surface area contributed by atoms with Gasteiger partial charge in [-0.25, -0.2) is 0 Å². The van der Waals surface area contributed by atoms with Gasteiger partial charge in [-0.3, -0.25) is 0 Å². The van der Waals surface area contributed by atoms with Crippen molar-refractivity contribution >= 4 is 11.4 Å². The van der Waals surface area contributed by atoms with E-state index in [1.807, 2.05) is 48.5 Å². The van der Waals surface area contributed by atoms with Crippen molar-refractivity contribution in [3.8, 4) is 11.5 Å². The summed E-state index contributed by atoms with van der Waals surface area (Å²) in [6.45, 7) is 2.09. The van der Waals surface area contributed by atoms with Gasteiger partial charge in [-0.05, 0) is 55.0 Å². The molecule has 0 aliphatic carbocycles. The SMILES string of the molecule is CCCC(Oc1ccc(N)cc1)Oc1ccc(N)cc1. The number of anilines is 2. The molecule has 20 heavy (non-hydrogen) atoms. The van der Waals surface area contributed by atoms with Crippen LogP contribution in [0.4, 0.5) is 11.4 Å². The first-order chi connectivity index (χ1) is 9.67. The van der Waals surface area contributed by atoms with Crippen molar-refractivity contribution in [1.82, 2.24) is 0 Å². The van der Waals surface area contributed by atoms with Gasteiger partial charge in [0, 0.05) is 17.8 Å². The second-order valence-corrected chi connectivity index (χ2v) is 4.59. The predicted molar refractivity (Wildman–Crippen MR) is 81.7 cm³/mol. The highest BCUT2D eigenvalue weighted by atomic mass is 16.7. The summed E-state index contributed by atoms with van der Waals surface area (Å²) < 4.78 is 11.7. The molecule has 0 unspecified atom stereocenters. The van der Waals surface area contributed by atoms with Gasteiger partial charge in [0.05, 0.1) is 0 Å². The van der Waals surface area contributed by atoms with E-state index in [9.17, 15) is 0 Å². The van der Waals surface area contributed by atoms with E-state index in [1.165, 1.54) is 0 Å². The minimum atomic E-state index is -0.327. The van der Waals surface area contributed by atoms with Crippen molar-refractivity contribution in [3.63, 3.8) is 0 Å². The monoisotopic (exact) mass is 272 g/mol. The van der Waals surface area contributed by atoms with Gasteiger partial charge in [-0.15, -0.1) is 0 Å². The second kappa shape index (κ2) is 6.70. The van der Waals surface area contributed by atoms with Crippen LogP contribution in [0.15, 0.2) is 48.5 Å². The lowest BCUT2D eigenvalue weighted by atomic mass is 10.3. The minimum absolute atomic E-state index is 0.327. The van der Waals surface area contributed by atoms with Crippen LogP contribution >= 0.6 is 0 Å². The molecule has 4 heteroatoms. The molecule has 2 aromatic rings. The van der Waals surface area contributed by atoms with Gasteiger partial charge in [-0.1, -0.05) is 6.92 Å². The van der Waals surface area contributed by atoms with Crippen LogP contribution in [0.2, 0.25) is 0 Å². The van der Waals surface area contributed by atoms with Crippen molar-refractivity contribution in [3.05, 3.63) is 48.5 Å². The van der Waals surface area contributed by atoms with Gasteiger partial charge >= 0.3 is 0 Å². The van der Waals surface area contributed by atoms with E-state index >= 15 is 0 Å². The molecule has 0 amide bonds. The van der Waals surface area contributed by atoms with Crippen molar-refractivity contribution < 1.29 is 9.47 Å². The maximum Gasteiger partial charge on any atom is 0.241 e. The molecule has 0 aromatic heterocycles. The summed E-state index contributed by atoms with van der Waals surface area (Å²) in [5, 5.41) is 0. The molecule has 2 aromatic carbocycles. The Hall–Kier alpha value is -2.36. The first-order valence-electron chi connectivity index (χ1n) is 6.72. The quantitative estimate of drug-likeness (QED) is 0.624. The third-order valence-corrected chi connectivity index (χ3v) is 2.82. The summed E-state index contributed by atoms with van der Waals surface area (Å²) >= 11 is 0.